The molecule has 0 unspecified atom stereocenters. The Morgan fingerprint density at radius 2 is 1.60 bits per heavy atom. The van der Waals surface area contributed by atoms with E-state index in [2.05, 4.69) is 71.4 Å². The Bertz CT molecular complexity index is 1520. The number of ether oxygens (including phenoxy) is 1. The molecule has 0 aliphatic carbocycles. The molecule has 4 aromatic carbocycles. The molecule has 0 aliphatic rings. The summed E-state index contributed by atoms with van der Waals surface area (Å²) in [6.45, 7) is 4.12. The fraction of sp³-hybridized carbons (Fsp3) is 0.257. The number of amides is 1. The molecule has 5 rings (SSSR count). The number of hydrogen-bond donors (Lipinski definition) is 1. The maximum absolute atomic E-state index is 12.5. The first-order valence-electron chi connectivity index (χ1n) is 14.2. The molecule has 0 saturated heterocycles. The van der Waals surface area contributed by atoms with Gasteiger partial charge in [0.25, 0.3) is 0 Å². The number of carbonyl (C=O) groups excluding carboxylic acids is 1. The summed E-state index contributed by atoms with van der Waals surface area (Å²) in [5.41, 5.74) is 6.75. The summed E-state index contributed by atoms with van der Waals surface area (Å²) in [7, 11) is 0. The van der Waals surface area contributed by atoms with Crippen molar-refractivity contribution in [3.63, 3.8) is 0 Å². The molecule has 40 heavy (non-hydrogen) atoms. The maximum Gasteiger partial charge on any atom is 0.224 e. The summed E-state index contributed by atoms with van der Waals surface area (Å²) in [6.07, 6.45) is 4.33. The quantitative estimate of drug-likeness (QED) is 0.164. The summed E-state index contributed by atoms with van der Waals surface area (Å²) in [5, 5.41) is 3.08. The number of aromatic nitrogens is 2. The van der Waals surface area contributed by atoms with Crippen LogP contribution in [0.15, 0.2) is 103 Å². The van der Waals surface area contributed by atoms with E-state index in [0.29, 0.717) is 19.6 Å². The van der Waals surface area contributed by atoms with Gasteiger partial charge in [0.1, 0.15) is 18.2 Å². The summed E-state index contributed by atoms with van der Waals surface area (Å²) in [4.78, 5) is 17.4. The molecular formula is C35H37N3O2. The zero-order chi connectivity index (χ0) is 27.6. The fourth-order valence-corrected chi connectivity index (χ4v) is 5.03. The molecule has 1 amide bonds. The molecule has 0 bridgehead atoms. The van der Waals surface area contributed by atoms with E-state index in [1.54, 1.807) is 0 Å². The summed E-state index contributed by atoms with van der Waals surface area (Å²) in [6, 6.07) is 35.0. The second-order valence-electron chi connectivity index (χ2n) is 10.2. The third kappa shape index (κ3) is 7.38. The zero-order valence-electron chi connectivity index (χ0n) is 23.2. The lowest BCUT2D eigenvalue weighted by atomic mass is 10.0. The summed E-state index contributed by atoms with van der Waals surface area (Å²) >= 11 is 0. The van der Waals surface area contributed by atoms with E-state index >= 15 is 0 Å². The molecule has 5 nitrogen and oxygen atoms in total. The second kappa shape index (κ2) is 13.6. The minimum Gasteiger partial charge on any atom is -0.492 e. The van der Waals surface area contributed by atoms with Crippen LogP contribution in [-0.4, -0.2) is 28.6 Å². The topological polar surface area (TPSA) is 56.1 Å². The van der Waals surface area contributed by atoms with Gasteiger partial charge in [-0.2, -0.15) is 0 Å². The first-order valence-corrected chi connectivity index (χ1v) is 14.2. The Labute approximate surface area is 236 Å². The largest absolute Gasteiger partial charge is 0.492 e. The molecule has 0 spiro atoms. The molecule has 5 heteroatoms. The van der Waals surface area contributed by atoms with Gasteiger partial charge in [0.05, 0.1) is 24.0 Å². The molecule has 0 atom stereocenters. The third-order valence-corrected chi connectivity index (χ3v) is 7.13. The minimum absolute atomic E-state index is 0.0721. The number of rotatable bonds is 13. The van der Waals surface area contributed by atoms with Crippen LogP contribution in [-0.2, 0) is 24.2 Å². The Morgan fingerprint density at radius 3 is 2.42 bits per heavy atom. The van der Waals surface area contributed by atoms with Crippen molar-refractivity contribution < 1.29 is 9.53 Å². The van der Waals surface area contributed by atoms with Gasteiger partial charge < -0.3 is 14.6 Å². The smallest absolute Gasteiger partial charge is 0.224 e. The second-order valence-corrected chi connectivity index (χ2v) is 10.2. The number of aryl methyl sites for hydroxylation is 2. The Hall–Kier alpha value is -4.38. The molecule has 0 aliphatic heterocycles. The number of fused-ring (bicyclic) bond motifs is 1. The molecule has 0 saturated carbocycles. The number of imidazole rings is 1. The van der Waals surface area contributed by atoms with Gasteiger partial charge in [-0.1, -0.05) is 85.3 Å². The molecular weight excluding hydrogens is 494 g/mol. The highest BCUT2D eigenvalue weighted by Crippen LogP contribution is 2.20. The van der Waals surface area contributed by atoms with Crippen molar-refractivity contribution in [3.8, 4) is 16.9 Å². The lowest BCUT2D eigenvalue weighted by molar-refractivity contribution is -0.120. The molecule has 1 aromatic heterocycles. The van der Waals surface area contributed by atoms with Crippen LogP contribution in [0.25, 0.3) is 22.2 Å². The first-order chi connectivity index (χ1) is 19.7. The van der Waals surface area contributed by atoms with E-state index in [0.717, 1.165) is 66.0 Å². The highest BCUT2D eigenvalue weighted by molar-refractivity contribution is 5.79. The predicted molar refractivity (Wildman–Crippen MR) is 163 cm³/mol. The number of hydrogen-bond acceptors (Lipinski definition) is 3. The fourth-order valence-electron chi connectivity index (χ4n) is 5.03. The van der Waals surface area contributed by atoms with Crippen molar-refractivity contribution in [2.24, 2.45) is 0 Å². The molecule has 1 N–H and O–H groups in total. The number of nitrogens with zero attached hydrogens (tertiary/aromatic N) is 2. The first kappa shape index (κ1) is 27.2. The Balaban J connectivity index is 1.05. The number of nitrogens with one attached hydrogen (secondary N) is 1. The summed E-state index contributed by atoms with van der Waals surface area (Å²) in [5.74, 6) is 2.07. The van der Waals surface area contributed by atoms with Crippen LogP contribution in [0.3, 0.4) is 0 Å². The average Bonchev–Trinajstić information content (AvgIpc) is 3.33. The Morgan fingerprint density at radius 1 is 0.825 bits per heavy atom. The highest BCUT2D eigenvalue weighted by atomic mass is 16.5. The van der Waals surface area contributed by atoms with Crippen LogP contribution < -0.4 is 10.1 Å². The third-order valence-electron chi connectivity index (χ3n) is 7.13. The van der Waals surface area contributed by atoms with Gasteiger partial charge in [-0.15, -0.1) is 0 Å². The lowest BCUT2D eigenvalue weighted by Gasteiger charge is -2.11. The van der Waals surface area contributed by atoms with Gasteiger partial charge in [-0.05, 0) is 66.3 Å². The van der Waals surface area contributed by atoms with Crippen molar-refractivity contribution in [2.45, 2.75) is 45.6 Å². The van der Waals surface area contributed by atoms with Crippen molar-refractivity contribution in [1.29, 1.82) is 0 Å². The maximum atomic E-state index is 12.5. The molecule has 0 radical (unpaired) electrons. The van der Waals surface area contributed by atoms with Crippen molar-refractivity contribution in [3.05, 3.63) is 120 Å². The van der Waals surface area contributed by atoms with Gasteiger partial charge in [-0.3, -0.25) is 4.79 Å². The van der Waals surface area contributed by atoms with E-state index in [-0.39, 0.29) is 5.91 Å². The van der Waals surface area contributed by atoms with Crippen LogP contribution >= 0.6 is 0 Å². The molecule has 204 valence electrons. The van der Waals surface area contributed by atoms with E-state index in [1.165, 1.54) is 11.1 Å². The number of unbranched alkanes of at least 4 members (excludes halogenated alkanes) is 2. The highest BCUT2D eigenvalue weighted by Gasteiger charge is 2.11. The summed E-state index contributed by atoms with van der Waals surface area (Å²) < 4.78 is 8.31. The number of benzene rings is 4. The van der Waals surface area contributed by atoms with E-state index in [9.17, 15) is 4.79 Å². The van der Waals surface area contributed by atoms with Gasteiger partial charge in [0.2, 0.25) is 5.91 Å². The van der Waals surface area contributed by atoms with E-state index in [1.807, 2.05) is 48.5 Å². The SMILES string of the molecule is Cc1cccc(OCCn2c(CCCCCNC(=O)Cc3ccc(-c4ccccc4)cc3)nc3ccccc32)c1. The van der Waals surface area contributed by atoms with Gasteiger partial charge >= 0.3 is 0 Å². The van der Waals surface area contributed by atoms with Gasteiger partial charge in [-0.25, -0.2) is 4.98 Å². The number of para-hydroxylation sites is 2. The average molecular weight is 532 g/mol. The van der Waals surface area contributed by atoms with Crippen LogP contribution in [0.4, 0.5) is 0 Å². The molecule has 1 heterocycles. The van der Waals surface area contributed by atoms with Crippen molar-refractivity contribution in [2.75, 3.05) is 13.2 Å². The number of carbonyl (C=O) groups is 1. The van der Waals surface area contributed by atoms with Crippen LogP contribution in [0, 0.1) is 6.92 Å². The van der Waals surface area contributed by atoms with Crippen LogP contribution in [0.5, 0.6) is 5.75 Å². The minimum atomic E-state index is 0.0721. The van der Waals surface area contributed by atoms with Crippen LogP contribution in [0.2, 0.25) is 0 Å². The standard InChI is InChI=1S/C35H37N3O2/c1-27-11-10-14-31(25-27)40-24-23-38-33-16-8-7-15-32(33)37-34(38)17-6-3-9-22-36-35(39)26-28-18-20-30(21-19-28)29-12-4-2-5-13-29/h2,4-5,7-8,10-16,18-21,25H,3,6,9,17,22-24,26H2,1H3,(H,36,39). The molecule has 0 fully saturated rings. The monoisotopic (exact) mass is 531 g/mol. The van der Waals surface area contributed by atoms with Crippen molar-refractivity contribution in [1.82, 2.24) is 14.9 Å². The predicted octanol–water partition coefficient (Wildman–Crippen LogP) is 7.16. The Kier molecular flexibility index (Phi) is 9.25. The lowest BCUT2D eigenvalue weighted by Crippen LogP contribution is -2.26. The van der Waals surface area contributed by atoms with Crippen molar-refractivity contribution >= 4 is 16.9 Å². The van der Waals surface area contributed by atoms with Gasteiger partial charge in [0.15, 0.2) is 0 Å². The molecule has 5 aromatic rings. The van der Waals surface area contributed by atoms with E-state index < -0.39 is 0 Å². The normalized spacial score (nSPS) is 11.0. The van der Waals surface area contributed by atoms with E-state index in [4.69, 9.17) is 9.72 Å². The van der Waals surface area contributed by atoms with Gasteiger partial charge in [0, 0.05) is 13.0 Å². The van der Waals surface area contributed by atoms with Crippen LogP contribution in [0.1, 0.15) is 36.2 Å². The zero-order valence-corrected chi connectivity index (χ0v) is 23.2.